The molecule has 8 heteroatoms. The number of hydrogen-bond donors (Lipinski definition) is 2. The van der Waals surface area contributed by atoms with E-state index in [0.29, 0.717) is 13.1 Å². The Labute approximate surface area is 122 Å². The van der Waals surface area contributed by atoms with Gasteiger partial charge in [-0.1, -0.05) is 17.7 Å². The minimum atomic E-state index is -3.70. The maximum absolute atomic E-state index is 12.5. The van der Waals surface area contributed by atoms with Crippen LogP contribution < -0.4 is 11.1 Å². The standard InChI is InChI=1S/C12H16ClN3O3S/c13-10-7-9(8-14)1-2-11(10)20(18,19)16-5-3-12(17)15-4-6-16/h1-2,7H,3-6,8,14H2,(H,15,17). The van der Waals surface area contributed by atoms with Crippen molar-refractivity contribution in [1.82, 2.24) is 9.62 Å². The highest BCUT2D eigenvalue weighted by atomic mass is 35.5. The fourth-order valence-electron chi connectivity index (χ4n) is 2.01. The van der Waals surface area contributed by atoms with Crippen LogP contribution in [0.3, 0.4) is 0 Å². The average molecular weight is 318 g/mol. The fraction of sp³-hybridized carbons (Fsp3) is 0.417. The summed E-state index contributed by atoms with van der Waals surface area (Å²) < 4.78 is 26.3. The lowest BCUT2D eigenvalue weighted by Crippen LogP contribution is -2.34. The van der Waals surface area contributed by atoms with Crippen molar-refractivity contribution in [3.8, 4) is 0 Å². The van der Waals surface area contributed by atoms with Gasteiger partial charge < -0.3 is 11.1 Å². The number of hydrogen-bond acceptors (Lipinski definition) is 4. The zero-order valence-electron chi connectivity index (χ0n) is 10.8. The Morgan fingerprint density at radius 3 is 2.75 bits per heavy atom. The largest absolute Gasteiger partial charge is 0.355 e. The maximum Gasteiger partial charge on any atom is 0.244 e. The summed E-state index contributed by atoms with van der Waals surface area (Å²) in [4.78, 5) is 11.3. The fourth-order valence-corrected chi connectivity index (χ4v) is 3.99. The van der Waals surface area contributed by atoms with Crippen LogP contribution in [0.1, 0.15) is 12.0 Å². The highest BCUT2D eigenvalue weighted by Gasteiger charge is 2.28. The van der Waals surface area contributed by atoms with Crippen molar-refractivity contribution >= 4 is 27.5 Å². The molecule has 0 radical (unpaired) electrons. The van der Waals surface area contributed by atoms with Crippen molar-refractivity contribution in [2.75, 3.05) is 19.6 Å². The second kappa shape index (κ2) is 6.09. The van der Waals surface area contributed by atoms with Gasteiger partial charge in [-0.15, -0.1) is 0 Å². The predicted molar refractivity (Wildman–Crippen MR) is 75.7 cm³/mol. The molecule has 0 unspecified atom stereocenters. The highest BCUT2D eigenvalue weighted by Crippen LogP contribution is 2.26. The molecule has 3 N–H and O–H groups in total. The molecule has 1 aliphatic heterocycles. The van der Waals surface area contributed by atoms with E-state index in [9.17, 15) is 13.2 Å². The van der Waals surface area contributed by atoms with Gasteiger partial charge in [-0.2, -0.15) is 4.31 Å². The first-order valence-electron chi connectivity index (χ1n) is 6.20. The highest BCUT2D eigenvalue weighted by molar-refractivity contribution is 7.89. The van der Waals surface area contributed by atoms with Crippen LogP contribution in [-0.4, -0.2) is 38.3 Å². The Morgan fingerprint density at radius 1 is 1.35 bits per heavy atom. The normalized spacial score (nSPS) is 17.6. The summed E-state index contributed by atoms with van der Waals surface area (Å²) in [5.74, 6) is -0.146. The van der Waals surface area contributed by atoms with Crippen LogP contribution in [0.4, 0.5) is 0 Å². The molecule has 0 aromatic heterocycles. The number of benzene rings is 1. The van der Waals surface area contributed by atoms with Crippen LogP contribution in [0.5, 0.6) is 0 Å². The lowest BCUT2D eigenvalue weighted by atomic mass is 10.2. The Morgan fingerprint density at radius 2 is 2.10 bits per heavy atom. The topological polar surface area (TPSA) is 92.5 Å². The molecular formula is C12H16ClN3O3S. The smallest absolute Gasteiger partial charge is 0.244 e. The maximum atomic E-state index is 12.5. The number of nitrogens with zero attached hydrogens (tertiary/aromatic N) is 1. The molecule has 1 saturated heterocycles. The summed E-state index contributed by atoms with van der Waals surface area (Å²) in [6.07, 6.45) is 0.151. The Balaban J connectivity index is 2.32. The first-order chi connectivity index (χ1) is 9.45. The van der Waals surface area contributed by atoms with E-state index in [1.54, 1.807) is 12.1 Å². The van der Waals surface area contributed by atoms with Crippen LogP contribution in [0.25, 0.3) is 0 Å². The molecule has 1 fully saturated rings. The molecule has 0 aliphatic carbocycles. The number of rotatable bonds is 3. The van der Waals surface area contributed by atoms with Crippen LogP contribution in [-0.2, 0) is 21.4 Å². The SMILES string of the molecule is NCc1ccc(S(=O)(=O)N2CCNC(=O)CC2)c(Cl)c1. The third kappa shape index (κ3) is 3.12. The number of nitrogens with two attached hydrogens (primary N) is 1. The molecule has 1 aromatic carbocycles. The van der Waals surface area contributed by atoms with Crippen LogP contribution in [0.2, 0.25) is 5.02 Å². The summed E-state index contributed by atoms with van der Waals surface area (Å²) in [6.45, 7) is 0.991. The van der Waals surface area contributed by atoms with E-state index in [1.807, 2.05) is 0 Å². The number of carbonyl (C=O) groups excluding carboxylic acids is 1. The summed E-state index contributed by atoms with van der Waals surface area (Å²) in [5.41, 5.74) is 6.26. The van der Waals surface area contributed by atoms with Gasteiger partial charge in [-0.05, 0) is 17.7 Å². The van der Waals surface area contributed by atoms with Crippen molar-refractivity contribution in [3.05, 3.63) is 28.8 Å². The third-order valence-corrected chi connectivity index (χ3v) is 5.50. The summed E-state index contributed by atoms with van der Waals surface area (Å²) in [6, 6.07) is 4.65. The van der Waals surface area contributed by atoms with E-state index >= 15 is 0 Å². The molecule has 1 aromatic rings. The summed E-state index contributed by atoms with van der Waals surface area (Å²) >= 11 is 6.04. The van der Waals surface area contributed by atoms with Gasteiger partial charge in [0, 0.05) is 32.6 Å². The zero-order chi connectivity index (χ0) is 14.8. The third-order valence-electron chi connectivity index (χ3n) is 3.12. The molecule has 1 amide bonds. The Bertz CT molecular complexity index is 618. The van der Waals surface area contributed by atoms with Crippen molar-refractivity contribution in [1.29, 1.82) is 0 Å². The van der Waals surface area contributed by atoms with E-state index in [2.05, 4.69) is 5.32 Å². The quantitative estimate of drug-likeness (QED) is 0.839. The summed E-state index contributed by atoms with van der Waals surface area (Å²) in [7, 11) is -3.70. The van der Waals surface area contributed by atoms with Gasteiger partial charge in [0.15, 0.2) is 0 Å². The van der Waals surface area contributed by atoms with Crippen LogP contribution in [0.15, 0.2) is 23.1 Å². The molecular weight excluding hydrogens is 302 g/mol. The molecule has 0 atom stereocenters. The van der Waals surface area contributed by atoms with Crippen molar-refractivity contribution in [2.45, 2.75) is 17.9 Å². The lowest BCUT2D eigenvalue weighted by Gasteiger charge is -2.20. The number of sulfonamides is 1. The van der Waals surface area contributed by atoms with Gasteiger partial charge in [0.05, 0.1) is 5.02 Å². The van der Waals surface area contributed by atoms with Crippen molar-refractivity contribution in [3.63, 3.8) is 0 Å². The Kier molecular flexibility index (Phi) is 4.64. The minimum absolute atomic E-state index is 0.0470. The number of nitrogens with one attached hydrogen (secondary N) is 1. The first-order valence-corrected chi connectivity index (χ1v) is 8.02. The molecule has 0 bridgehead atoms. The number of amides is 1. The van der Waals surface area contributed by atoms with Crippen LogP contribution in [0, 0.1) is 0 Å². The number of carbonyl (C=O) groups is 1. The lowest BCUT2D eigenvalue weighted by molar-refractivity contribution is -0.120. The second-order valence-electron chi connectivity index (χ2n) is 4.47. The van der Waals surface area contributed by atoms with Gasteiger partial charge in [0.2, 0.25) is 15.9 Å². The Hall–Kier alpha value is -1.15. The van der Waals surface area contributed by atoms with Crippen LogP contribution >= 0.6 is 11.6 Å². The summed E-state index contributed by atoms with van der Waals surface area (Å²) in [5, 5.41) is 2.79. The van der Waals surface area contributed by atoms with E-state index < -0.39 is 10.0 Å². The molecule has 20 heavy (non-hydrogen) atoms. The molecule has 110 valence electrons. The first kappa shape index (κ1) is 15.2. The number of halogens is 1. The molecule has 1 aliphatic rings. The van der Waals surface area contributed by atoms with Gasteiger partial charge >= 0.3 is 0 Å². The predicted octanol–water partition coefficient (Wildman–Crippen LogP) is 0.309. The molecule has 0 saturated carbocycles. The van der Waals surface area contributed by atoms with Gasteiger partial charge in [0.1, 0.15) is 4.90 Å². The average Bonchev–Trinajstić information content (AvgIpc) is 2.63. The molecule has 6 nitrogen and oxygen atoms in total. The van der Waals surface area contributed by atoms with Gasteiger partial charge in [-0.3, -0.25) is 4.79 Å². The molecule has 0 spiro atoms. The monoisotopic (exact) mass is 317 g/mol. The second-order valence-corrected chi connectivity index (χ2v) is 6.79. The van der Waals surface area contributed by atoms with Gasteiger partial charge in [-0.25, -0.2) is 8.42 Å². The molecule has 2 rings (SSSR count). The van der Waals surface area contributed by atoms with E-state index in [4.69, 9.17) is 17.3 Å². The zero-order valence-corrected chi connectivity index (χ0v) is 12.4. The molecule has 1 heterocycles. The van der Waals surface area contributed by atoms with E-state index in [0.717, 1.165) is 5.56 Å². The van der Waals surface area contributed by atoms with E-state index in [1.165, 1.54) is 10.4 Å². The van der Waals surface area contributed by atoms with Crippen molar-refractivity contribution < 1.29 is 13.2 Å². The van der Waals surface area contributed by atoms with Gasteiger partial charge in [0.25, 0.3) is 0 Å². The van der Waals surface area contributed by atoms with Crippen molar-refractivity contribution in [2.24, 2.45) is 5.73 Å². The van der Waals surface area contributed by atoms with E-state index in [-0.39, 0.29) is 35.3 Å². The minimum Gasteiger partial charge on any atom is -0.355 e.